The SMILES string of the molecule is CNCCC(=O)Nc1cc(OC)c(OC)cc1OC.Cl. The molecule has 1 rings (SSSR count). The van der Waals surface area contributed by atoms with E-state index < -0.39 is 0 Å². The molecule has 1 aromatic rings. The molecule has 0 aliphatic heterocycles. The number of methoxy groups -OCH3 is 3. The summed E-state index contributed by atoms with van der Waals surface area (Å²) in [5.74, 6) is 1.51. The van der Waals surface area contributed by atoms with Crippen LogP contribution in [0.4, 0.5) is 5.69 Å². The van der Waals surface area contributed by atoms with E-state index in [1.807, 2.05) is 0 Å². The third-order valence-electron chi connectivity index (χ3n) is 2.58. The van der Waals surface area contributed by atoms with Gasteiger partial charge in [0.25, 0.3) is 0 Å². The highest BCUT2D eigenvalue weighted by Gasteiger charge is 2.13. The van der Waals surface area contributed by atoms with Crippen LogP contribution >= 0.6 is 12.4 Å². The number of hydrogen-bond donors (Lipinski definition) is 2. The molecule has 0 aliphatic carbocycles. The Hall–Kier alpha value is -1.66. The lowest BCUT2D eigenvalue weighted by Crippen LogP contribution is -2.19. The molecule has 0 heterocycles. The molecule has 0 aliphatic rings. The van der Waals surface area contributed by atoms with E-state index >= 15 is 0 Å². The first-order valence-electron chi connectivity index (χ1n) is 5.90. The average Bonchev–Trinajstić information content (AvgIpc) is 2.44. The molecule has 1 aromatic carbocycles. The zero-order valence-electron chi connectivity index (χ0n) is 12.1. The molecule has 114 valence electrons. The van der Waals surface area contributed by atoms with E-state index in [0.29, 0.717) is 35.9 Å². The van der Waals surface area contributed by atoms with Gasteiger partial charge in [0.05, 0.1) is 27.0 Å². The molecule has 20 heavy (non-hydrogen) atoms. The summed E-state index contributed by atoms with van der Waals surface area (Å²) in [5, 5.41) is 5.70. The number of hydrogen-bond acceptors (Lipinski definition) is 5. The Kier molecular flexibility index (Phi) is 8.51. The molecule has 0 atom stereocenters. The zero-order valence-corrected chi connectivity index (χ0v) is 12.9. The van der Waals surface area contributed by atoms with Gasteiger partial charge in [0.2, 0.25) is 5.91 Å². The van der Waals surface area contributed by atoms with Crippen molar-refractivity contribution in [3.8, 4) is 17.2 Å². The molecule has 0 unspecified atom stereocenters. The fraction of sp³-hybridized carbons (Fsp3) is 0.462. The van der Waals surface area contributed by atoms with E-state index in [2.05, 4.69) is 10.6 Å². The molecule has 0 aromatic heterocycles. The first-order chi connectivity index (χ1) is 9.15. The van der Waals surface area contributed by atoms with Gasteiger partial charge in [-0.2, -0.15) is 0 Å². The lowest BCUT2D eigenvalue weighted by atomic mass is 10.2. The van der Waals surface area contributed by atoms with E-state index in [0.717, 1.165) is 0 Å². The second-order valence-corrected chi connectivity index (χ2v) is 3.81. The number of anilines is 1. The molecule has 0 bridgehead atoms. The number of benzene rings is 1. The number of halogens is 1. The molecule has 0 saturated carbocycles. The summed E-state index contributed by atoms with van der Waals surface area (Å²) in [6, 6.07) is 3.35. The smallest absolute Gasteiger partial charge is 0.225 e. The summed E-state index contributed by atoms with van der Waals surface area (Å²) in [4.78, 5) is 11.7. The highest BCUT2D eigenvalue weighted by Crippen LogP contribution is 2.37. The highest BCUT2D eigenvalue weighted by molar-refractivity contribution is 5.93. The van der Waals surface area contributed by atoms with Crippen LogP contribution in [-0.2, 0) is 4.79 Å². The molecule has 0 fully saturated rings. The van der Waals surface area contributed by atoms with E-state index in [4.69, 9.17) is 14.2 Å². The first-order valence-corrected chi connectivity index (χ1v) is 5.90. The Morgan fingerprint density at radius 1 is 1.05 bits per heavy atom. The number of amides is 1. The number of nitrogens with one attached hydrogen (secondary N) is 2. The van der Waals surface area contributed by atoms with Gasteiger partial charge in [-0.25, -0.2) is 0 Å². The number of rotatable bonds is 7. The van der Waals surface area contributed by atoms with Gasteiger partial charge in [0.15, 0.2) is 11.5 Å². The van der Waals surface area contributed by atoms with Crippen LogP contribution in [0, 0.1) is 0 Å². The fourth-order valence-electron chi connectivity index (χ4n) is 1.58. The van der Waals surface area contributed by atoms with Crippen molar-refractivity contribution in [2.24, 2.45) is 0 Å². The Morgan fingerprint density at radius 3 is 2.10 bits per heavy atom. The standard InChI is InChI=1S/C13H20N2O4.ClH/c1-14-6-5-13(16)15-9-7-11(18-3)12(19-4)8-10(9)17-2;/h7-8,14H,5-6H2,1-4H3,(H,15,16);1H. The van der Waals surface area contributed by atoms with Crippen molar-refractivity contribution < 1.29 is 19.0 Å². The van der Waals surface area contributed by atoms with Crippen LogP contribution in [0.5, 0.6) is 17.2 Å². The predicted molar refractivity (Wildman–Crippen MR) is 80.5 cm³/mol. The molecule has 0 radical (unpaired) electrons. The third kappa shape index (κ3) is 4.79. The minimum atomic E-state index is -0.0973. The second kappa shape index (κ2) is 9.28. The van der Waals surface area contributed by atoms with Gasteiger partial charge in [-0.05, 0) is 7.05 Å². The quantitative estimate of drug-likeness (QED) is 0.802. The van der Waals surface area contributed by atoms with Gasteiger partial charge in [-0.15, -0.1) is 12.4 Å². The summed E-state index contributed by atoms with van der Waals surface area (Å²) >= 11 is 0. The summed E-state index contributed by atoms with van der Waals surface area (Å²) in [6.07, 6.45) is 0.383. The minimum Gasteiger partial charge on any atom is -0.494 e. The molecule has 2 N–H and O–H groups in total. The molecule has 6 nitrogen and oxygen atoms in total. The normalized spacial score (nSPS) is 9.40. The molecular weight excluding hydrogens is 284 g/mol. The van der Waals surface area contributed by atoms with Gasteiger partial charge in [0, 0.05) is 25.1 Å². The molecule has 0 spiro atoms. The van der Waals surface area contributed by atoms with Crippen molar-refractivity contribution in [3.05, 3.63) is 12.1 Å². The fourth-order valence-corrected chi connectivity index (χ4v) is 1.58. The molecule has 0 saturated heterocycles. The average molecular weight is 305 g/mol. The van der Waals surface area contributed by atoms with Crippen LogP contribution in [-0.4, -0.2) is 40.8 Å². The highest BCUT2D eigenvalue weighted by atomic mass is 35.5. The number of ether oxygens (including phenoxy) is 3. The topological polar surface area (TPSA) is 68.8 Å². The van der Waals surface area contributed by atoms with Gasteiger partial charge in [-0.3, -0.25) is 4.79 Å². The van der Waals surface area contributed by atoms with Gasteiger partial charge in [-0.1, -0.05) is 0 Å². The van der Waals surface area contributed by atoms with Crippen LogP contribution in [0.2, 0.25) is 0 Å². The van der Waals surface area contributed by atoms with Crippen molar-refractivity contribution in [3.63, 3.8) is 0 Å². The first kappa shape index (κ1) is 18.3. The van der Waals surface area contributed by atoms with Crippen LogP contribution in [0.25, 0.3) is 0 Å². The van der Waals surface area contributed by atoms with E-state index in [1.165, 1.54) is 14.2 Å². The van der Waals surface area contributed by atoms with E-state index in [9.17, 15) is 4.79 Å². The summed E-state index contributed by atoms with van der Waals surface area (Å²) < 4.78 is 15.6. The van der Waals surface area contributed by atoms with Crippen LogP contribution < -0.4 is 24.8 Å². The maximum atomic E-state index is 11.7. The van der Waals surface area contributed by atoms with Crippen LogP contribution in [0.1, 0.15) is 6.42 Å². The molecule has 7 heteroatoms. The Morgan fingerprint density at radius 2 is 1.60 bits per heavy atom. The number of carbonyl (C=O) groups excluding carboxylic acids is 1. The minimum absolute atomic E-state index is 0. The number of carbonyl (C=O) groups is 1. The summed E-state index contributed by atoms with van der Waals surface area (Å²) in [6.45, 7) is 0.613. The maximum Gasteiger partial charge on any atom is 0.225 e. The van der Waals surface area contributed by atoms with Crippen molar-refractivity contribution in [1.29, 1.82) is 0 Å². The maximum absolute atomic E-state index is 11.7. The van der Waals surface area contributed by atoms with E-state index in [-0.39, 0.29) is 18.3 Å². The largest absolute Gasteiger partial charge is 0.494 e. The Balaban J connectivity index is 0.00000361. The van der Waals surface area contributed by atoms with Gasteiger partial charge in [0.1, 0.15) is 5.75 Å². The van der Waals surface area contributed by atoms with Crippen LogP contribution in [0.15, 0.2) is 12.1 Å². The molecular formula is C13H21ClN2O4. The zero-order chi connectivity index (χ0) is 14.3. The second-order valence-electron chi connectivity index (χ2n) is 3.81. The van der Waals surface area contributed by atoms with Gasteiger partial charge < -0.3 is 24.8 Å². The predicted octanol–water partition coefficient (Wildman–Crippen LogP) is 1.68. The summed E-state index contributed by atoms with van der Waals surface area (Å²) in [5.41, 5.74) is 0.557. The van der Waals surface area contributed by atoms with E-state index in [1.54, 1.807) is 26.3 Å². The van der Waals surface area contributed by atoms with Crippen LogP contribution in [0.3, 0.4) is 0 Å². The molecule has 1 amide bonds. The third-order valence-corrected chi connectivity index (χ3v) is 2.58. The van der Waals surface area contributed by atoms with Crippen molar-refractivity contribution in [1.82, 2.24) is 5.32 Å². The Bertz CT molecular complexity index is 441. The van der Waals surface area contributed by atoms with Crippen molar-refractivity contribution in [2.45, 2.75) is 6.42 Å². The Labute approximate surface area is 125 Å². The lowest BCUT2D eigenvalue weighted by Gasteiger charge is -2.14. The van der Waals surface area contributed by atoms with Gasteiger partial charge >= 0.3 is 0 Å². The summed E-state index contributed by atoms with van der Waals surface area (Å²) in [7, 11) is 6.41. The monoisotopic (exact) mass is 304 g/mol. The van der Waals surface area contributed by atoms with Crippen molar-refractivity contribution >= 4 is 24.0 Å². The lowest BCUT2D eigenvalue weighted by molar-refractivity contribution is -0.116. The van der Waals surface area contributed by atoms with Crippen molar-refractivity contribution in [2.75, 3.05) is 40.2 Å².